The molecular weight excluding hydrogens is 401 g/mol. The number of nitrogens with zero attached hydrogens (tertiary/aromatic N) is 1. The summed E-state index contributed by atoms with van der Waals surface area (Å²) in [6, 6.07) is 21.0. The molecule has 1 aliphatic heterocycles. The molecule has 0 fully saturated rings. The van der Waals surface area contributed by atoms with E-state index < -0.39 is 11.1 Å². The highest BCUT2D eigenvalue weighted by Crippen LogP contribution is 2.37. The Labute approximate surface area is 177 Å². The lowest BCUT2D eigenvalue weighted by molar-refractivity contribution is -0.112. The topological polar surface area (TPSA) is 57.6 Å². The summed E-state index contributed by atoms with van der Waals surface area (Å²) in [5.41, 5.74) is 5.53. The first-order valence-corrected chi connectivity index (χ1v) is 10.7. The maximum absolute atomic E-state index is 13.5. The van der Waals surface area contributed by atoms with Gasteiger partial charge in [0.15, 0.2) is 11.1 Å². The molecule has 1 aliphatic rings. The van der Waals surface area contributed by atoms with Crippen LogP contribution in [-0.4, -0.2) is 21.2 Å². The van der Waals surface area contributed by atoms with Crippen LogP contribution in [0.2, 0.25) is 0 Å². The lowest BCUT2D eigenvalue weighted by Gasteiger charge is -2.17. The van der Waals surface area contributed by atoms with Crippen LogP contribution in [0, 0.1) is 12.7 Å². The van der Waals surface area contributed by atoms with E-state index in [0.29, 0.717) is 17.7 Å². The molecule has 0 spiro atoms. The molecular formula is C24H20FNO3S. The van der Waals surface area contributed by atoms with Crippen molar-refractivity contribution < 1.29 is 17.9 Å². The highest BCUT2D eigenvalue weighted by Gasteiger charge is 2.32. The first-order valence-electron chi connectivity index (χ1n) is 9.47. The van der Waals surface area contributed by atoms with E-state index in [2.05, 4.69) is 0 Å². The summed E-state index contributed by atoms with van der Waals surface area (Å²) < 4.78 is 33.6. The molecule has 0 aromatic heterocycles. The van der Waals surface area contributed by atoms with Gasteiger partial charge in [-0.15, -0.1) is 0 Å². The van der Waals surface area contributed by atoms with Gasteiger partial charge in [0.2, 0.25) is 0 Å². The van der Waals surface area contributed by atoms with E-state index in [4.69, 9.17) is 4.55 Å². The maximum atomic E-state index is 13.5. The van der Waals surface area contributed by atoms with Gasteiger partial charge in [0.1, 0.15) is 5.82 Å². The quantitative estimate of drug-likeness (QED) is 0.602. The summed E-state index contributed by atoms with van der Waals surface area (Å²) in [4.78, 5) is 15.1. The van der Waals surface area contributed by atoms with Gasteiger partial charge in [-0.25, -0.2) is 8.60 Å². The van der Waals surface area contributed by atoms with Crippen molar-refractivity contribution in [1.82, 2.24) is 0 Å². The lowest BCUT2D eigenvalue weighted by atomic mass is 9.96. The fourth-order valence-electron chi connectivity index (χ4n) is 3.60. The van der Waals surface area contributed by atoms with Gasteiger partial charge in [0, 0.05) is 5.69 Å². The Kier molecular flexibility index (Phi) is 5.61. The molecule has 4 rings (SSSR count). The first kappa shape index (κ1) is 20.2. The van der Waals surface area contributed by atoms with Crippen LogP contribution in [0.3, 0.4) is 0 Å². The number of halogens is 1. The molecule has 1 amide bonds. The zero-order valence-electron chi connectivity index (χ0n) is 16.3. The van der Waals surface area contributed by atoms with Crippen molar-refractivity contribution in [3.8, 4) is 0 Å². The molecule has 0 aliphatic carbocycles. The SMILES string of the molecule is Cc1ccc(N2CC(c3ccc(CS(=O)O)cc3)=C(c3ccc(F)cc3)C2=O)cc1. The van der Waals surface area contributed by atoms with E-state index in [0.717, 1.165) is 28.0 Å². The van der Waals surface area contributed by atoms with Crippen molar-refractivity contribution in [3.05, 3.63) is 101 Å². The Morgan fingerprint density at radius 3 is 2.13 bits per heavy atom. The van der Waals surface area contributed by atoms with Crippen LogP contribution >= 0.6 is 0 Å². The fraction of sp³-hybridized carbons (Fsp3) is 0.125. The number of rotatable bonds is 5. The highest BCUT2D eigenvalue weighted by atomic mass is 32.2. The molecule has 0 saturated carbocycles. The molecule has 1 N–H and O–H groups in total. The van der Waals surface area contributed by atoms with Gasteiger partial charge in [-0.05, 0) is 53.5 Å². The summed E-state index contributed by atoms with van der Waals surface area (Å²) in [6.45, 7) is 2.38. The molecule has 0 bridgehead atoms. The van der Waals surface area contributed by atoms with Gasteiger partial charge < -0.3 is 9.45 Å². The lowest BCUT2D eigenvalue weighted by Crippen LogP contribution is -2.26. The highest BCUT2D eigenvalue weighted by molar-refractivity contribution is 7.78. The molecule has 0 saturated heterocycles. The molecule has 4 nitrogen and oxygen atoms in total. The van der Waals surface area contributed by atoms with Crippen LogP contribution in [0.5, 0.6) is 0 Å². The van der Waals surface area contributed by atoms with E-state index in [1.807, 2.05) is 43.3 Å². The average Bonchev–Trinajstić information content (AvgIpc) is 3.06. The van der Waals surface area contributed by atoms with Gasteiger partial charge in [0.05, 0.1) is 17.9 Å². The van der Waals surface area contributed by atoms with Gasteiger partial charge in [0.25, 0.3) is 5.91 Å². The van der Waals surface area contributed by atoms with Crippen molar-refractivity contribution in [3.63, 3.8) is 0 Å². The monoisotopic (exact) mass is 421 g/mol. The molecule has 30 heavy (non-hydrogen) atoms. The van der Waals surface area contributed by atoms with Crippen LogP contribution in [0.25, 0.3) is 11.1 Å². The maximum Gasteiger partial charge on any atom is 0.259 e. The largest absolute Gasteiger partial charge is 0.306 e. The van der Waals surface area contributed by atoms with E-state index in [-0.39, 0.29) is 17.5 Å². The van der Waals surface area contributed by atoms with Gasteiger partial charge in [-0.3, -0.25) is 4.79 Å². The Bertz CT molecular complexity index is 1140. The van der Waals surface area contributed by atoms with Crippen molar-refractivity contribution in [1.29, 1.82) is 0 Å². The molecule has 152 valence electrons. The third-order valence-electron chi connectivity index (χ3n) is 5.15. The second kappa shape index (κ2) is 8.34. The Hall–Kier alpha value is -3.09. The summed E-state index contributed by atoms with van der Waals surface area (Å²) in [5.74, 6) is -0.442. The molecule has 0 radical (unpaired) electrons. The standard InChI is InChI=1S/C24H20FNO3S/c1-16-2-12-21(13-3-16)26-14-22(18-6-4-17(5-7-18)15-30(28)29)23(24(26)27)19-8-10-20(25)11-9-19/h2-13H,14-15H2,1H3,(H,28,29). The molecule has 1 atom stereocenters. The molecule has 6 heteroatoms. The number of hydrogen-bond donors (Lipinski definition) is 1. The smallest absolute Gasteiger partial charge is 0.259 e. The minimum absolute atomic E-state index is 0.0541. The number of benzene rings is 3. The predicted molar refractivity (Wildman–Crippen MR) is 118 cm³/mol. The van der Waals surface area contributed by atoms with Gasteiger partial charge in [-0.2, -0.15) is 0 Å². The third kappa shape index (κ3) is 4.10. The number of hydrogen-bond acceptors (Lipinski definition) is 2. The Morgan fingerprint density at radius 1 is 0.933 bits per heavy atom. The summed E-state index contributed by atoms with van der Waals surface area (Å²) in [6.07, 6.45) is 0. The van der Waals surface area contributed by atoms with Crippen molar-refractivity contribution in [2.24, 2.45) is 0 Å². The normalized spacial score (nSPS) is 15.0. The van der Waals surface area contributed by atoms with Crippen LogP contribution < -0.4 is 4.90 Å². The van der Waals surface area contributed by atoms with Crippen LogP contribution in [0.4, 0.5) is 10.1 Å². The van der Waals surface area contributed by atoms with Crippen LogP contribution in [-0.2, 0) is 21.6 Å². The number of carbonyl (C=O) groups excluding carboxylic acids is 1. The molecule has 1 heterocycles. The molecule has 1 unspecified atom stereocenters. The van der Waals surface area contributed by atoms with Crippen molar-refractivity contribution in [2.45, 2.75) is 12.7 Å². The zero-order chi connectivity index (χ0) is 21.3. The Balaban J connectivity index is 1.77. The number of anilines is 1. The number of amides is 1. The van der Waals surface area contributed by atoms with E-state index in [9.17, 15) is 13.4 Å². The van der Waals surface area contributed by atoms with Gasteiger partial charge in [-0.1, -0.05) is 54.1 Å². The molecule has 3 aromatic rings. The van der Waals surface area contributed by atoms with Crippen molar-refractivity contribution >= 4 is 33.8 Å². The minimum Gasteiger partial charge on any atom is -0.306 e. The first-order chi connectivity index (χ1) is 14.4. The van der Waals surface area contributed by atoms with Crippen molar-refractivity contribution in [2.75, 3.05) is 11.4 Å². The summed E-state index contributed by atoms with van der Waals surface area (Å²) in [7, 11) is 0. The van der Waals surface area contributed by atoms with Gasteiger partial charge >= 0.3 is 0 Å². The zero-order valence-corrected chi connectivity index (χ0v) is 17.2. The van der Waals surface area contributed by atoms with E-state index in [1.165, 1.54) is 12.1 Å². The second-order valence-corrected chi connectivity index (χ2v) is 8.18. The molecule has 3 aromatic carbocycles. The summed E-state index contributed by atoms with van der Waals surface area (Å²) >= 11 is -1.91. The van der Waals surface area contributed by atoms with Crippen LogP contribution in [0.1, 0.15) is 22.3 Å². The van der Waals surface area contributed by atoms with E-state index in [1.54, 1.807) is 29.2 Å². The summed E-state index contributed by atoms with van der Waals surface area (Å²) in [5, 5.41) is 0. The number of aryl methyl sites for hydroxylation is 1. The van der Waals surface area contributed by atoms with Crippen LogP contribution in [0.15, 0.2) is 72.8 Å². The predicted octanol–water partition coefficient (Wildman–Crippen LogP) is 4.81. The second-order valence-electron chi connectivity index (χ2n) is 7.25. The third-order valence-corrected chi connectivity index (χ3v) is 5.73. The minimum atomic E-state index is -1.91. The Morgan fingerprint density at radius 2 is 1.53 bits per heavy atom. The number of carbonyl (C=O) groups is 1. The average molecular weight is 421 g/mol. The van der Waals surface area contributed by atoms with E-state index >= 15 is 0 Å². The fourth-order valence-corrected chi connectivity index (χ4v) is 4.08.